The van der Waals surface area contributed by atoms with Crippen molar-refractivity contribution in [2.75, 3.05) is 25.6 Å². The average Bonchev–Trinajstić information content (AvgIpc) is 2.85. The van der Waals surface area contributed by atoms with Crippen molar-refractivity contribution in [3.05, 3.63) is 10.0 Å². The van der Waals surface area contributed by atoms with Crippen LogP contribution in [0.1, 0.15) is 43.3 Å². The summed E-state index contributed by atoms with van der Waals surface area (Å²) in [5.74, 6) is -0.0397. The number of nitrogens with zero attached hydrogens (tertiary/aromatic N) is 1. The summed E-state index contributed by atoms with van der Waals surface area (Å²) in [6, 6.07) is 0. The number of thiazole rings is 1. The second kappa shape index (κ2) is 7.15. The van der Waals surface area contributed by atoms with Crippen LogP contribution in [0.3, 0.4) is 0 Å². The molecule has 2 rings (SSSR count). The first-order valence-corrected chi connectivity index (χ1v) is 8.62. The Hall–Kier alpha value is -0.850. The van der Waals surface area contributed by atoms with Crippen LogP contribution in [-0.4, -0.2) is 37.3 Å². The lowest BCUT2D eigenvalue weighted by atomic mass is 9.78. The van der Waals surface area contributed by atoms with Crippen LogP contribution in [0.5, 0.6) is 0 Å². The van der Waals surface area contributed by atoms with Crippen LogP contribution in [0, 0.1) is 11.3 Å². The fraction of sp³-hybridized carbons (Fsp3) is 0.733. The van der Waals surface area contributed by atoms with E-state index >= 15 is 0 Å². The van der Waals surface area contributed by atoms with Crippen molar-refractivity contribution in [3.63, 3.8) is 0 Å². The standard InChI is InChI=1S/C15H23ClN2O3S/c1-15(2,3)11-9(6-5-7-21-11)8-17-14-18-12(16)10(22-14)13(19)20-4/h9,11H,5-8H2,1-4H3,(H,17,18). The summed E-state index contributed by atoms with van der Waals surface area (Å²) in [7, 11) is 1.33. The van der Waals surface area contributed by atoms with E-state index in [9.17, 15) is 4.79 Å². The molecule has 0 radical (unpaired) electrons. The van der Waals surface area contributed by atoms with Crippen molar-refractivity contribution < 1.29 is 14.3 Å². The number of halogens is 1. The van der Waals surface area contributed by atoms with Gasteiger partial charge in [-0.25, -0.2) is 9.78 Å². The molecule has 2 atom stereocenters. The smallest absolute Gasteiger partial charge is 0.351 e. The Bertz CT molecular complexity index is 527. The number of ether oxygens (including phenoxy) is 2. The van der Waals surface area contributed by atoms with Crippen molar-refractivity contribution in [1.29, 1.82) is 0 Å². The Morgan fingerprint density at radius 3 is 2.91 bits per heavy atom. The highest BCUT2D eigenvalue weighted by Gasteiger charge is 2.35. The largest absolute Gasteiger partial charge is 0.465 e. The molecule has 0 saturated carbocycles. The summed E-state index contributed by atoms with van der Waals surface area (Å²) < 4.78 is 10.7. The van der Waals surface area contributed by atoms with Crippen LogP contribution in [0.25, 0.3) is 0 Å². The van der Waals surface area contributed by atoms with E-state index < -0.39 is 5.97 Å². The SMILES string of the molecule is COC(=O)c1sc(NCC2CCCOC2C(C)(C)C)nc1Cl. The van der Waals surface area contributed by atoms with Gasteiger partial charge in [0.05, 0.1) is 13.2 Å². The van der Waals surface area contributed by atoms with Gasteiger partial charge in [0, 0.05) is 19.1 Å². The first-order chi connectivity index (χ1) is 10.3. The molecular formula is C15H23ClN2O3S. The minimum absolute atomic E-state index is 0.102. The highest BCUT2D eigenvalue weighted by molar-refractivity contribution is 7.18. The molecule has 1 N–H and O–H groups in total. The van der Waals surface area contributed by atoms with Gasteiger partial charge in [-0.1, -0.05) is 43.7 Å². The maximum atomic E-state index is 11.6. The molecule has 124 valence electrons. The number of esters is 1. The quantitative estimate of drug-likeness (QED) is 0.839. The molecule has 0 bridgehead atoms. The molecule has 0 aromatic carbocycles. The Morgan fingerprint density at radius 2 is 2.27 bits per heavy atom. The van der Waals surface area contributed by atoms with Crippen LogP contribution in [-0.2, 0) is 9.47 Å². The molecule has 1 aromatic heterocycles. The third kappa shape index (κ3) is 4.12. The third-order valence-corrected chi connectivity index (χ3v) is 5.15. The van der Waals surface area contributed by atoms with E-state index in [1.54, 1.807) is 0 Å². The van der Waals surface area contributed by atoms with E-state index in [0.29, 0.717) is 15.9 Å². The number of carbonyl (C=O) groups is 1. The number of nitrogens with one attached hydrogen (secondary N) is 1. The Labute approximate surface area is 140 Å². The van der Waals surface area contributed by atoms with Gasteiger partial charge in [-0.2, -0.15) is 0 Å². The zero-order valence-electron chi connectivity index (χ0n) is 13.4. The second-order valence-electron chi connectivity index (χ2n) is 6.57. The molecule has 2 heterocycles. The molecule has 1 fully saturated rings. The van der Waals surface area contributed by atoms with E-state index in [2.05, 4.69) is 35.8 Å². The fourth-order valence-electron chi connectivity index (χ4n) is 2.82. The third-order valence-electron chi connectivity index (χ3n) is 3.77. The molecule has 7 heteroatoms. The second-order valence-corrected chi connectivity index (χ2v) is 7.93. The van der Waals surface area contributed by atoms with E-state index in [1.807, 2.05) is 0 Å². The average molecular weight is 347 g/mol. The van der Waals surface area contributed by atoms with Gasteiger partial charge in [0.1, 0.15) is 0 Å². The van der Waals surface area contributed by atoms with Gasteiger partial charge in [0.25, 0.3) is 0 Å². The minimum atomic E-state index is -0.455. The van der Waals surface area contributed by atoms with Gasteiger partial charge in [-0.05, 0) is 18.3 Å². The van der Waals surface area contributed by atoms with Crippen molar-refractivity contribution in [2.24, 2.45) is 11.3 Å². The fourth-order valence-corrected chi connectivity index (χ4v) is 3.93. The zero-order chi connectivity index (χ0) is 16.3. The maximum absolute atomic E-state index is 11.6. The van der Waals surface area contributed by atoms with Gasteiger partial charge in [-0.15, -0.1) is 0 Å². The molecule has 0 amide bonds. The minimum Gasteiger partial charge on any atom is -0.465 e. The van der Waals surface area contributed by atoms with Crippen molar-refractivity contribution in [1.82, 2.24) is 4.98 Å². The van der Waals surface area contributed by atoms with Gasteiger partial charge >= 0.3 is 5.97 Å². The molecule has 1 aromatic rings. The van der Waals surface area contributed by atoms with Crippen molar-refractivity contribution in [2.45, 2.75) is 39.7 Å². The first-order valence-electron chi connectivity index (χ1n) is 7.43. The highest BCUT2D eigenvalue weighted by Crippen LogP contribution is 2.35. The molecule has 0 aliphatic carbocycles. The number of aromatic nitrogens is 1. The number of methoxy groups -OCH3 is 1. The van der Waals surface area contributed by atoms with E-state index in [4.69, 9.17) is 16.3 Å². The Balaban J connectivity index is 2.01. The number of rotatable bonds is 4. The summed E-state index contributed by atoms with van der Waals surface area (Å²) in [6.07, 6.45) is 2.41. The Morgan fingerprint density at radius 1 is 1.55 bits per heavy atom. The lowest BCUT2D eigenvalue weighted by molar-refractivity contribution is -0.0814. The molecule has 1 saturated heterocycles. The summed E-state index contributed by atoms with van der Waals surface area (Å²) in [6.45, 7) is 8.18. The van der Waals surface area contributed by atoms with Gasteiger partial charge in [0.2, 0.25) is 0 Å². The topological polar surface area (TPSA) is 60.5 Å². The number of hydrogen-bond donors (Lipinski definition) is 1. The molecular weight excluding hydrogens is 324 g/mol. The molecule has 2 unspecified atom stereocenters. The predicted molar refractivity (Wildman–Crippen MR) is 88.9 cm³/mol. The lowest BCUT2D eigenvalue weighted by Gasteiger charge is -2.40. The number of carbonyl (C=O) groups excluding carboxylic acids is 1. The molecule has 5 nitrogen and oxygen atoms in total. The van der Waals surface area contributed by atoms with Crippen molar-refractivity contribution in [3.8, 4) is 0 Å². The molecule has 0 spiro atoms. The summed E-state index contributed by atoms with van der Waals surface area (Å²) in [5.41, 5.74) is 0.102. The molecule has 1 aliphatic heterocycles. The number of hydrogen-bond acceptors (Lipinski definition) is 6. The van der Waals surface area contributed by atoms with E-state index in [1.165, 1.54) is 18.4 Å². The lowest BCUT2D eigenvalue weighted by Crippen LogP contribution is -2.42. The molecule has 22 heavy (non-hydrogen) atoms. The normalized spacial score (nSPS) is 22.4. The summed E-state index contributed by atoms with van der Waals surface area (Å²) >= 11 is 7.20. The first kappa shape index (κ1) is 17.5. The van der Waals surface area contributed by atoms with E-state index in [-0.39, 0.29) is 16.7 Å². The van der Waals surface area contributed by atoms with Gasteiger partial charge in [0.15, 0.2) is 15.2 Å². The maximum Gasteiger partial charge on any atom is 0.351 e. The van der Waals surface area contributed by atoms with Crippen LogP contribution < -0.4 is 5.32 Å². The van der Waals surface area contributed by atoms with E-state index in [0.717, 1.165) is 26.0 Å². The van der Waals surface area contributed by atoms with Crippen LogP contribution >= 0.6 is 22.9 Å². The van der Waals surface area contributed by atoms with Gasteiger partial charge < -0.3 is 14.8 Å². The Kier molecular flexibility index (Phi) is 5.69. The summed E-state index contributed by atoms with van der Waals surface area (Å²) in [4.78, 5) is 16.1. The summed E-state index contributed by atoms with van der Waals surface area (Å²) in [5, 5.41) is 4.12. The van der Waals surface area contributed by atoms with Crippen LogP contribution in [0.15, 0.2) is 0 Å². The van der Waals surface area contributed by atoms with Crippen molar-refractivity contribution >= 4 is 34.0 Å². The predicted octanol–water partition coefficient (Wildman–Crippen LogP) is 3.84. The monoisotopic (exact) mass is 346 g/mol. The molecule has 1 aliphatic rings. The van der Waals surface area contributed by atoms with Crippen LogP contribution in [0.2, 0.25) is 5.15 Å². The number of anilines is 1. The zero-order valence-corrected chi connectivity index (χ0v) is 15.0. The van der Waals surface area contributed by atoms with Gasteiger partial charge in [-0.3, -0.25) is 0 Å². The van der Waals surface area contributed by atoms with Crippen LogP contribution in [0.4, 0.5) is 5.13 Å². The highest BCUT2D eigenvalue weighted by atomic mass is 35.5.